The Balaban J connectivity index is 1.85. The molecule has 1 fully saturated rings. The van der Waals surface area contributed by atoms with E-state index in [-0.39, 0.29) is 22.9 Å². The van der Waals surface area contributed by atoms with Crippen LogP contribution in [0.2, 0.25) is 0 Å². The molecule has 1 amide bonds. The highest BCUT2D eigenvalue weighted by Gasteiger charge is 2.29. The van der Waals surface area contributed by atoms with E-state index in [0.717, 1.165) is 35.6 Å². The Hall–Kier alpha value is -2.37. The van der Waals surface area contributed by atoms with Gasteiger partial charge in [-0.05, 0) is 45.2 Å². The van der Waals surface area contributed by atoms with E-state index in [9.17, 15) is 9.59 Å². The van der Waals surface area contributed by atoms with E-state index >= 15 is 0 Å². The van der Waals surface area contributed by atoms with E-state index in [1.165, 1.54) is 0 Å². The number of aromatic amines is 1. The molecule has 2 aromatic heterocycles. The van der Waals surface area contributed by atoms with Gasteiger partial charge in [0.15, 0.2) is 0 Å². The van der Waals surface area contributed by atoms with Gasteiger partial charge < -0.3 is 14.5 Å². The van der Waals surface area contributed by atoms with Crippen LogP contribution in [0.1, 0.15) is 51.9 Å². The number of carbonyl (C=O) groups excluding carboxylic acids is 1. The highest BCUT2D eigenvalue weighted by Crippen LogP contribution is 2.26. The van der Waals surface area contributed by atoms with Gasteiger partial charge in [0.1, 0.15) is 11.4 Å². The van der Waals surface area contributed by atoms with Crippen molar-refractivity contribution in [1.82, 2.24) is 19.4 Å². The van der Waals surface area contributed by atoms with Crippen molar-refractivity contribution in [2.45, 2.75) is 39.5 Å². The number of nitrogens with one attached hydrogen (secondary N) is 1. The second-order valence-corrected chi connectivity index (χ2v) is 6.76. The number of likely N-dealkylation sites (tertiary alicyclic amines) is 1. The van der Waals surface area contributed by atoms with Gasteiger partial charge in [0, 0.05) is 37.9 Å². The Morgan fingerprint density at radius 2 is 2.08 bits per heavy atom. The zero-order valence-corrected chi connectivity index (χ0v) is 14.7. The third-order valence-corrected chi connectivity index (χ3v) is 4.83. The summed E-state index contributed by atoms with van der Waals surface area (Å²) in [5.41, 5.74) is 2.64. The highest BCUT2D eigenvalue weighted by atomic mass is 16.2. The van der Waals surface area contributed by atoms with Crippen molar-refractivity contribution in [1.29, 1.82) is 0 Å². The van der Waals surface area contributed by atoms with Crippen molar-refractivity contribution in [3.63, 3.8) is 0 Å². The van der Waals surface area contributed by atoms with Gasteiger partial charge in [-0.25, -0.2) is 4.98 Å². The number of aryl methyl sites for hydroxylation is 4. The van der Waals surface area contributed by atoms with Crippen LogP contribution in [0.15, 0.2) is 17.1 Å². The number of nitrogens with zero attached hydrogens (tertiary/aromatic N) is 3. The Kier molecular flexibility index (Phi) is 4.30. The third kappa shape index (κ3) is 3.00. The first kappa shape index (κ1) is 16.5. The van der Waals surface area contributed by atoms with Gasteiger partial charge >= 0.3 is 0 Å². The molecular formula is C18H24N4O2. The molecule has 1 aliphatic heterocycles. The van der Waals surface area contributed by atoms with E-state index in [0.29, 0.717) is 13.1 Å². The molecule has 2 aromatic rings. The van der Waals surface area contributed by atoms with E-state index in [4.69, 9.17) is 0 Å². The molecule has 6 heteroatoms. The fourth-order valence-electron chi connectivity index (χ4n) is 3.44. The van der Waals surface area contributed by atoms with E-state index in [2.05, 4.69) is 9.97 Å². The summed E-state index contributed by atoms with van der Waals surface area (Å²) in [5, 5.41) is 0. The molecule has 1 N–H and O–H groups in total. The fraction of sp³-hybridized carbons (Fsp3) is 0.500. The van der Waals surface area contributed by atoms with Gasteiger partial charge in [-0.1, -0.05) is 0 Å². The molecule has 3 rings (SSSR count). The monoisotopic (exact) mass is 328 g/mol. The maximum Gasteiger partial charge on any atom is 0.261 e. The number of hydrogen-bond donors (Lipinski definition) is 1. The van der Waals surface area contributed by atoms with Crippen LogP contribution in [0, 0.1) is 20.8 Å². The average molecular weight is 328 g/mol. The van der Waals surface area contributed by atoms with Gasteiger partial charge in [-0.15, -0.1) is 0 Å². The first-order chi connectivity index (χ1) is 11.4. The summed E-state index contributed by atoms with van der Waals surface area (Å²) in [6.07, 6.45) is 3.94. The summed E-state index contributed by atoms with van der Waals surface area (Å²) in [6, 6.07) is 1.70. The summed E-state index contributed by atoms with van der Waals surface area (Å²) in [5.74, 6) is 1.04. The smallest absolute Gasteiger partial charge is 0.261 e. The SMILES string of the molecule is Cc1cn(C)c([C@H]2CCCN(C(=O)c3cc(C)c(C)[nH]c3=O)C2)n1. The Bertz CT molecular complexity index is 834. The van der Waals surface area contributed by atoms with Crippen LogP contribution in [-0.2, 0) is 7.05 Å². The van der Waals surface area contributed by atoms with Gasteiger partial charge in [0.05, 0.1) is 5.69 Å². The molecule has 0 unspecified atom stereocenters. The normalized spacial score (nSPS) is 18.0. The van der Waals surface area contributed by atoms with E-state index < -0.39 is 0 Å². The number of imidazole rings is 1. The summed E-state index contributed by atoms with van der Waals surface area (Å²) in [6.45, 7) is 7.01. The molecule has 0 bridgehead atoms. The molecule has 0 saturated carbocycles. The van der Waals surface area contributed by atoms with Crippen LogP contribution in [0.3, 0.4) is 0 Å². The summed E-state index contributed by atoms with van der Waals surface area (Å²) in [7, 11) is 1.99. The van der Waals surface area contributed by atoms with Gasteiger partial charge in [0.25, 0.3) is 11.5 Å². The molecule has 0 radical (unpaired) electrons. The van der Waals surface area contributed by atoms with Crippen molar-refractivity contribution in [3.05, 3.63) is 51.0 Å². The van der Waals surface area contributed by atoms with E-state index in [1.54, 1.807) is 11.0 Å². The molecule has 6 nitrogen and oxygen atoms in total. The molecule has 0 spiro atoms. The Labute approximate surface area is 141 Å². The Morgan fingerprint density at radius 3 is 2.75 bits per heavy atom. The molecule has 1 aliphatic rings. The molecule has 1 atom stereocenters. The predicted molar refractivity (Wildman–Crippen MR) is 92.4 cm³/mol. The minimum atomic E-state index is -0.307. The molecule has 0 aromatic carbocycles. The number of H-pyrrole nitrogens is 1. The molecule has 1 saturated heterocycles. The number of hydrogen-bond acceptors (Lipinski definition) is 3. The molecule has 0 aliphatic carbocycles. The quantitative estimate of drug-likeness (QED) is 0.917. The zero-order valence-electron chi connectivity index (χ0n) is 14.7. The number of carbonyl (C=O) groups is 1. The van der Waals surface area contributed by atoms with Crippen LogP contribution in [0.4, 0.5) is 0 Å². The summed E-state index contributed by atoms with van der Waals surface area (Å²) >= 11 is 0. The second-order valence-electron chi connectivity index (χ2n) is 6.76. The van der Waals surface area contributed by atoms with E-state index in [1.807, 2.05) is 38.6 Å². The lowest BCUT2D eigenvalue weighted by molar-refractivity contribution is 0.0701. The minimum Gasteiger partial charge on any atom is -0.338 e. The lowest BCUT2D eigenvalue weighted by atomic mass is 9.96. The summed E-state index contributed by atoms with van der Waals surface area (Å²) < 4.78 is 2.04. The lowest BCUT2D eigenvalue weighted by Gasteiger charge is -2.32. The number of pyridine rings is 1. The van der Waals surface area contributed by atoms with Crippen molar-refractivity contribution in [2.75, 3.05) is 13.1 Å². The van der Waals surface area contributed by atoms with Crippen LogP contribution in [0.25, 0.3) is 0 Å². The molecule has 3 heterocycles. The van der Waals surface area contributed by atoms with Crippen LogP contribution in [0.5, 0.6) is 0 Å². The van der Waals surface area contributed by atoms with Crippen molar-refractivity contribution >= 4 is 5.91 Å². The van der Waals surface area contributed by atoms with Gasteiger partial charge in [-0.3, -0.25) is 9.59 Å². The topological polar surface area (TPSA) is 71.0 Å². The standard InChI is InChI=1S/C18H24N4O2/c1-11-8-15(17(23)20-13(11)3)18(24)22-7-5-6-14(10-22)16-19-12(2)9-21(16)4/h8-9,14H,5-7,10H2,1-4H3,(H,20,23)/t14-/m0/s1. The third-order valence-electron chi connectivity index (χ3n) is 4.83. The predicted octanol–water partition coefficient (Wildman–Crippen LogP) is 2.05. The first-order valence-corrected chi connectivity index (χ1v) is 8.36. The highest BCUT2D eigenvalue weighted by molar-refractivity contribution is 5.94. The lowest BCUT2D eigenvalue weighted by Crippen LogP contribution is -2.41. The second kappa shape index (κ2) is 6.26. The van der Waals surface area contributed by atoms with Gasteiger partial charge in [-0.2, -0.15) is 0 Å². The zero-order chi connectivity index (χ0) is 17.4. The number of aromatic nitrogens is 3. The van der Waals surface area contributed by atoms with Crippen molar-refractivity contribution in [3.8, 4) is 0 Å². The van der Waals surface area contributed by atoms with Crippen LogP contribution in [-0.4, -0.2) is 38.4 Å². The summed E-state index contributed by atoms with van der Waals surface area (Å²) in [4.78, 5) is 34.1. The van der Waals surface area contributed by atoms with Crippen LogP contribution < -0.4 is 5.56 Å². The number of amides is 1. The van der Waals surface area contributed by atoms with Crippen molar-refractivity contribution in [2.24, 2.45) is 7.05 Å². The molecule has 24 heavy (non-hydrogen) atoms. The largest absolute Gasteiger partial charge is 0.338 e. The number of rotatable bonds is 2. The maximum atomic E-state index is 12.8. The number of piperidine rings is 1. The fourth-order valence-corrected chi connectivity index (χ4v) is 3.44. The molecular weight excluding hydrogens is 304 g/mol. The maximum absolute atomic E-state index is 12.8. The van der Waals surface area contributed by atoms with Crippen molar-refractivity contribution < 1.29 is 4.79 Å². The molecule has 128 valence electrons. The first-order valence-electron chi connectivity index (χ1n) is 8.36. The average Bonchev–Trinajstić information content (AvgIpc) is 2.89. The minimum absolute atomic E-state index is 0.185. The Morgan fingerprint density at radius 1 is 1.33 bits per heavy atom. The van der Waals surface area contributed by atoms with Gasteiger partial charge in [0.2, 0.25) is 0 Å². The van der Waals surface area contributed by atoms with Crippen LogP contribution >= 0.6 is 0 Å².